The number of Topliss-reactive ketones (excluding diaryl/α,β-unsaturated/α-hetero) is 1. The van der Waals surface area contributed by atoms with Crippen LogP contribution in [0.1, 0.15) is 33.1 Å². The largest absolute Gasteiger partial charge is 0.299 e. The highest BCUT2D eigenvalue weighted by molar-refractivity contribution is 5.84. The van der Waals surface area contributed by atoms with E-state index >= 15 is 0 Å². The van der Waals surface area contributed by atoms with E-state index in [4.69, 9.17) is 0 Å². The normalized spacial score (nSPS) is 42.8. The molecule has 0 heterocycles. The molecule has 2 saturated carbocycles. The molecular formula is C9H14O. The molecule has 2 atom stereocenters. The van der Waals surface area contributed by atoms with Gasteiger partial charge in [0.15, 0.2) is 0 Å². The average molecular weight is 138 g/mol. The summed E-state index contributed by atoms with van der Waals surface area (Å²) in [5.41, 5.74) is 0.471. The highest BCUT2D eigenvalue weighted by atomic mass is 16.1. The predicted molar refractivity (Wildman–Crippen MR) is 39.6 cm³/mol. The molecule has 0 saturated heterocycles. The van der Waals surface area contributed by atoms with E-state index < -0.39 is 0 Å². The minimum Gasteiger partial charge on any atom is -0.299 e. The van der Waals surface area contributed by atoms with Crippen LogP contribution in [0, 0.1) is 17.3 Å². The summed E-state index contributed by atoms with van der Waals surface area (Å²) < 4.78 is 0. The van der Waals surface area contributed by atoms with Gasteiger partial charge in [-0.05, 0) is 24.2 Å². The van der Waals surface area contributed by atoms with Crippen molar-refractivity contribution in [3.8, 4) is 0 Å². The van der Waals surface area contributed by atoms with Gasteiger partial charge in [0.25, 0.3) is 0 Å². The molecule has 2 unspecified atom stereocenters. The molecule has 56 valence electrons. The SMILES string of the molecule is CC1(C)CC2CC1CC2=O. The van der Waals surface area contributed by atoms with Crippen LogP contribution in [-0.2, 0) is 4.79 Å². The molecule has 0 radical (unpaired) electrons. The molecule has 0 amide bonds. The molecule has 2 fully saturated rings. The lowest BCUT2D eigenvalue weighted by Gasteiger charge is -2.28. The van der Waals surface area contributed by atoms with E-state index in [0.717, 1.165) is 12.8 Å². The maximum absolute atomic E-state index is 11.1. The first kappa shape index (κ1) is 6.38. The zero-order chi connectivity index (χ0) is 7.35. The molecule has 0 aromatic heterocycles. The Labute approximate surface area is 61.8 Å². The maximum atomic E-state index is 11.1. The second-order valence-electron chi connectivity index (χ2n) is 4.49. The number of rotatable bonds is 0. The molecule has 1 nitrogen and oxygen atoms in total. The quantitative estimate of drug-likeness (QED) is 0.500. The minimum atomic E-state index is 0.444. The fourth-order valence-corrected chi connectivity index (χ4v) is 2.56. The molecular weight excluding hydrogens is 124 g/mol. The Bertz CT molecular complexity index is 181. The molecule has 2 aliphatic carbocycles. The fourth-order valence-electron chi connectivity index (χ4n) is 2.56. The van der Waals surface area contributed by atoms with Gasteiger partial charge in [0.2, 0.25) is 0 Å². The van der Waals surface area contributed by atoms with Crippen LogP contribution in [0.3, 0.4) is 0 Å². The zero-order valence-electron chi connectivity index (χ0n) is 6.68. The first-order chi connectivity index (χ1) is 4.59. The van der Waals surface area contributed by atoms with Gasteiger partial charge in [0, 0.05) is 12.3 Å². The highest BCUT2D eigenvalue weighted by Gasteiger charge is 2.49. The highest BCUT2D eigenvalue weighted by Crippen LogP contribution is 2.53. The van der Waals surface area contributed by atoms with Gasteiger partial charge in [0.1, 0.15) is 5.78 Å². The number of fused-ring (bicyclic) bond motifs is 2. The van der Waals surface area contributed by atoms with Gasteiger partial charge in [-0.3, -0.25) is 4.79 Å². The van der Waals surface area contributed by atoms with Crippen molar-refractivity contribution in [3.63, 3.8) is 0 Å². The summed E-state index contributed by atoms with van der Waals surface area (Å²) in [5, 5.41) is 0. The first-order valence-corrected chi connectivity index (χ1v) is 4.12. The summed E-state index contributed by atoms with van der Waals surface area (Å²) in [6.07, 6.45) is 3.21. The molecule has 0 spiro atoms. The fraction of sp³-hybridized carbons (Fsp3) is 0.889. The summed E-state index contributed by atoms with van der Waals surface area (Å²) in [7, 11) is 0. The van der Waals surface area contributed by atoms with Crippen molar-refractivity contribution in [1.82, 2.24) is 0 Å². The summed E-state index contributed by atoms with van der Waals surface area (Å²) >= 11 is 0. The molecule has 10 heavy (non-hydrogen) atoms. The third-order valence-corrected chi connectivity index (χ3v) is 3.35. The van der Waals surface area contributed by atoms with E-state index in [9.17, 15) is 4.79 Å². The molecule has 1 heteroatoms. The van der Waals surface area contributed by atoms with Gasteiger partial charge in [0.05, 0.1) is 0 Å². The lowest BCUT2D eigenvalue weighted by atomic mass is 9.76. The number of ketones is 1. The maximum Gasteiger partial charge on any atom is 0.136 e. The number of hydrogen-bond donors (Lipinski definition) is 0. The van der Waals surface area contributed by atoms with Crippen LogP contribution >= 0.6 is 0 Å². The first-order valence-electron chi connectivity index (χ1n) is 4.12. The van der Waals surface area contributed by atoms with E-state index in [1.807, 2.05) is 0 Å². The van der Waals surface area contributed by atoms with E-state index in [-0.39, 0.29) is 0 Å². The summed E-state index contributed by atoms with van der Waals surface area (Å²) in [6, 6.07) is 0. The topological polar surface area (TPSA) is 17.1 Å². The van der Waals surface area contributed by atoms with Gasteiger partial charge in [-0.25, -0.2) is 0 Å². The van der Waals surface area contributed by atoms with Crippen molar-refractivity contribution < 1.29 is 4.79 Å². The monoisotopic (exact) mass is 138 g/mol. The Morgan fingerprint density at radius 3 is 2.50 bits per heavy atom. The molecule has 2 bridgehead atoms. The molecule has 2 aliphatic rings. The third kappa shape index (κ3) is 0.664. The van der Waals surface area contributed by atoms with E-state index in [0.29, 0.717) is 23.0 Å². The van der Waals surface area contributed by atoms with Gasteiger partial charge in [-0.15, -0.1) is 0 Å². The smallest absolute Gasteiger partial charge is 0.136 e. The number of carbonyl (C=O) groups is 1. The van der Waals surface area contributed by atoms with Crippen LogP contribution in [0.2, 0.25) is 0 Å². The Balaban J connectivity index is 2.24. The van der Waals surface area contributed by atoms with Crippen LogP contribution in [0.15, 0.2) is 0 Å². The lowest BCUT2D eigenvalue weighted by molar-refractivity contribution is -0.123. The Kier molecular flexibility index (Phi) is 1.04. The number of hydrogen-bond acceptors (Lipinski definition) is 1. The van der Waals surface area contributed by atoms with Crippen LogP contribution in [0.4, 0.5) is 0 Å². The molecule has 2 rings (SSSR count). The second kappa shape index (κ2) is 1.63. The Morgan fingerprint density at radius 1 is 1.50 bits per heavy atom. The van der Waals surface area contributed by atoms with Crippen LogP contribution in [-0.4, -0.2) is 5.78 Å². The van der Waals surface area contributed by atoms with Crippen LogP contribution in [0.5, 0.6) is 0 Å². The van der Waals surface area contributed by atoms with E-state index in [2.05, 4.69) is 13.8 Å². The van der Waals surface area contributed by atoms with Crippen molar-refractivity contribution in [2.45, 2.75) is 33.1 Å². The standard InChI is InChI=1S/C9H14O/c1-9(2)5-6-3-7(9)4-8(6)10/h6-7H,3-5H2,1-2H3. The van der Waals surface area contributed by atoms with Gasteiger partial charge < -0.3 is 0 Å². The van der Waals surface area contributed by atoms with Crippen LogP contribution in [0.25, 0.3) is 0 Å². The minimum absolute atomic E-state index is 0.444. The van der Waals surface area contributed by atoms with Gasteiger partial charge in [-0.2, -0.15) is 0 Å². The van der Waals surface area contributed by atoms with E-state index in [1.54, 1.807) is 0 Å². The zero-order valence-corrected chi connectivity index (χ0v) is 6.68. The third-order valence-electron chi connectivity index (χ3n) is 3.35. The molecule has 0 aromatic rings. The molecule has 0 N–H and O–H groups in total. The Hall–Kier alpha value is -0.330. The summed E-state index contributed by atoms with van der Waals surface area (Å²) in [6.45, 7) is 4.59. The lowest BCUT2D eigenvalue weighted by Crippen LogP contribution is -2.24. The van der Waals surface area contributed by atoms with Crippen molar-refractivity contribution in [3.05, 3.63) is 0 Å². The predicted octanol–water partition coefficient (Wildman–Crippen LogP) is 2.01. The Morgan fingerprint density at radius 2 is 2.20 bits per heavy atom. The van der Waals surface area contributed by atoms with Crippen molar-refractivity contribution in [2.24, 2.45) is 17.3 Å². The second-order valence-corrected chi connectivity index (χ2v) is 4.49. The average Bonchev–Trinajstić information content (AvgIpc) is 2.21. The number of carbonyl (C=O) groups excluding carboxylic acids is 1. The summed E-state index contributed by atoms with van der Waals surface area (Å²) in [5.74, 6) is 1.69. The molecule has 0 aliphatic heterocycles. The van der Waals surface area contributed by atoms with E-state index in [1.165, 1.54) is 6.42 Å². The van der Waals surface area contributed by atoms with Crippen molar-refractivity contribution >= 4 is 5.78 Å². The van der Waals surface area contributed by atoms with Crippen molar-refractivity contribution in [2.75, 3.05) is 0 Å². The van der Waals surface area contributed by atoms with Gasteiger partial charge >= 0.3 is 0 Å². The van der Waals surface area contributed by atoms with Gasteiger partial charge in [-0.1, -0.05) is 13.8 Å². The summed E-state index contributed by atoms with van der Waals surface area (Å²) in [4.78, 5) is 11.1. The van der Waals surface area contributed by atoms with Crippen LogP contribution < -0.4 is 0 Å². The van der Waals surface area contributed by atoms with Crippen molar-refractivity contribution in [1.29, 1.82) is 0 Å². The molecule has 0 aromatic carbocycles.